The number of esters is 1. The van der Waals surface area contributed by atoms with E-state index in [0.717, 1.165) is 32.2 Å². The number of nitro benzene ring substituents is 1. The molecule has 0 amide bonds. The average Bonchev–Trinajstić information content (AvgIpc) is 2.79. The van der Waals surface area contributed by atoms with Gasteiger partial charge in [-0.15, -0.1) is 0 Å². The maximum absolute atomic E-state index is 11.7. The Kier molecular flexibility index (Phi) is 11.2. The number of unbranched alkanes of at least 4 members (excludes halogenated alkanes) is 3. The monoisotopic (exact) mass is 499 g/mol. The van der Waals surface area contributed by atoms with Crippen molar-refractivity contribution in [2.24, 2.45) is 0 Å². The van der Waals surface area contributed by atoms with Crippen LogP contribution in [0.3, 0.4) is 0 Å². The lowest BCUT2D eigenvalue weighted by atomic mass is 10.1. The molecule has 0 saturated heterocycles. The van der Waals surface area contributed by atoms with Gasteiger partial charge >= 0.3 is 5.97 Å². The first-order valence-electron chi connectivity index (χ1n) is 10.4. The summed E-state index contributed by atoms with van der Waals surface area (Å²) in [6.07, 6.45) is 2.73. The summed E-state index contributed by atoms with van der Waals surface area (Å²) in [5.74, 6) is -0.135. The number of rotatable bonds is 14. The van der Waals surface area contributed by atoms with E-state index in [-0.39, 0.29) is 12.3 Å². The van der Waals surface area contributed by atoms with Gasteiger partial charge in [-0.2, -0.15) is 0 Å². The first kappa shape index (κ1) is 26.7. The SMILES string of the molecule is Nc1c(Cl)cc(C(O)CNCCCCCCOC(=O)COc2ccc([N+](=O)[O-])cc2)cc1Cl. The maximum Gasteiger partial charge on any atom is 0.344 e. The van der Waals surface area contributed by atoms with E-state index < -0.39 is 17.0 Å². The molecule has 0 radical (unpaired) electrons. The van der Waals surface area contributed by atoms with Crippen molar-refractivity contribution < 1.29 is 24.3 Å². The zero-order chi connectivity index (χ0) is 24.2. The number of halogens is 2. The second-order valence-corrected chi connectivity index (χ2v) is 8.11. The molecule has 4 N–H and O–H groups in total. The third kappa shape index (κ3) is 9.43. The summed E-state index contributed by atoms with van der Waals surface area (Å²) in [7, 11) is 0. The fraction of sp³-hybridized carbons (Fsp3) is 0.409. The number of hydrogen-bond donors (Lipinski definition) is 3. The third-order valence-corrected chi connectivity index (χ3v) is 5.36. The molecule has 11 heteroatoms. The molecule has 0 spiro atoms. The number of nitrogen functional groups attached to an aromatic ring is 1. The molecule has 33 heavy (non-hydrogen) atoms. The normalized spacial score (nSPS) is 11.7. The van der Waals surface area contributed by atoms with E-state index in [1.54, 1.807) is 12.1 Å². The molecule has 2 aromatic rings. The van der Waals surface area contributed by atoms with Crippen LogP contribution in [-0.4, -0.2) is 42.3 Å². The number of nitrogens with zero attached hydrogens (tertiary/aromatic N) is 1. The largest absolute Gasteiger partial charge is 0.482 e. The van der Waals surface area contributed by atoms with Crippen molar-refractivity contribution in [1.29, 1.82) is 0 Å². The first-order chi connectivity index (χ1) is 15.8. The highest BCUT2D eigenvalue weighted by molar-refractivity contribution is 6.38. The highest BCUT2D eigenvalue weighted by atomic mass is 35.5. The quantitative estimate of drug-likeness (QED) is 0.115. The lowest BCUT2D eigenvalue weighted by Crippen LogP contribution is -2.22. The highest BCUT2D eigenvalue weighted by Gasteiger charge is 2.12. The predicted octanol–water partition coefficient (Wildman–Crippen LogP) is 4.29. The fourth-order valence-corrected chi connectivity index (χ4v) is 3.40. The Labute approximate surface area is 201 Å². The van der Waals surface area contributed by atoms with Crippen LogP contribution in [-0.2, 0) is 9.53 Å². The van der Waals surface area contributed by atoms with Crippen LogP contribution in [0.4, 0.5) is 11.4 Å². The average molecular weight is 500 g/mol. The van der Waals surface area contributed by atoms with Gasteiger partial charge in [0.25, 0.3) is 5.69 Å². The molecule has 0 saturated carbocycles. The van der Waals surface area contributed by atoms with Gasteiger partial charge in [-0.3, -0.25) is 10.1 Å². The molecule has 9 nitrogen and oxygen atoms in total. The Morgan fingerprint density at radius 2 is 1.76 bits per heavy atom. The van der Waals surface area contributed by atoms with E-state index in [9.17, 15) is 20.0 Å². The van der Waals surface area contributed by atoms with Crippen molar-refractivity contribution in [3.63, 3.8) is 0 Å². The number of non-ortho nitro benzene ring substituents is 1. The molecule has 0 aliphatic rings. The van der Waals surface area contributed by atoms with E-state index in [0.29, 0.717) is 40.2 Å². The van der Waals surface area contributed by atoms with Crippen LogP contribution in [0.5, 0.6) is 5.75 Å². The van der Waals surface area contributed by atoms with Crippen LogP contribution in [0, 0.1) is 10.1 Å². The molecular formula is C22H27Cl2N3O6. The van der Waals surface area contributed by atoms with E-state index in [1.165, 1.54) is 24.3 Å². The molecule has 2 rings (SSSR count). The van der Waals surface area contributed by atoms with E-state index in [1.807, 2.05) is 0 Å². The zero-order valence-corrected chi connectivity index (χ0v) is 19.5. The molecule has 180 valence electrons. The Balaban J connectivity index is 1.48. The Morgan fingerprint density at radius 1 is 1.12 bits per heavy atom. The number of carbonyl (C=O) groups is 1. The van der Waals surface area contributed by atoms with Gasteiger partial charge in [-0.25, -0.2) is 4.79 Å². The van der Waals surface area contributed by atoms with Gasteiger partial charge in [0, 0.05) is 18.7 Å². The van der Waals surface area contributed by atoms with Gasteiger partial charge in [0.2, 0.25) is 0 Å². The summed E-state index contributed by atoms with van der Waals surface area (Å²) in [5, 5.41) is 24.6. The first-order valence-corrected chi connectivity index (χ1v) is 11.2. The number of carbonyl (C=O) groups excluding carboxylic acids is 1. The standard InChI is InChI=1S/C22H27Cl2N3O6/c23-18-11-15(12-19(24)22(18)25)20(28)13-26-9-3-1-2-4-10-32-21(29)14-33-17-7-5-16(6-8-17)27(30)31/h5-8,11-12,20,26,28H,1-4,9-10,13-14,25H2. The molecule has 0 fully saturated rings. The van der Waals surface area contributed by atoms with Crippen LogP contribution in [0.25, 0.3) is 0 Å². The predicted molar refractivity (Wildman–Crippen MR) is 127 cm³/mol. The Bertz CT molecular complexity index is 904. The number of anilines is 1. The van der Waals surface area contributed by atoms with Gasteiger partial charge in [-0.1, -0.05) is 36.0 Å². The van der Waals surface area contributed by atoms with Gasteiger partial charge in [-0.05, 0) is 49.2 Å². The van der Waals surface area contributed by atoms with Gasteiger partial charge in [0.1, 0.15) is 5.75 Å². The molecule has 1 atom stereocenters. The number of hydrogen-bond acceptors (Lipinski definition) is 8. The van der Waals surface area contributed by atoms with Crippen molar-refractivity contribution in [1.82, 2.24) is 5.32 Å². The number of aliphatic hydroxyl groups excluding tert-OH is 1. The van der Waals surface area contributed by atoms with Crippen molar-refractivity contribution in [3.05, 3.63) is 62.1 Å². The molecular weight excluding hydrogens is 473 g/mol. The minimum atomic E-state index is -0.742. The van der Waals surface area contributed by atoms with Crippen molar-refractivity contribution >= 4 is 40.5 Å². The van der Waals surface area contributed by atoms with Crippen LogP contribution in [0.15, 0.2) is 36.4 Å². The van der Waals surface area contributed by atoms with Crippen LogP contribution in [0.2, 0.25) is 10.0 Å². The van der Waals surface area contributed by atoms with E-state index in [2.05, 4.69) is 5.32 Å². The lowest BCUT2D eigenvalue weighted by molar-refractivity contribution is -0.384. The van der Waals surface area contributed by atoms with E-state index in [4.69, 9.17) is 38.4 Å². The van der Waals surface area contributed by atoms with Crippen LogP contribution < -0.4 is 15.8 Å². The topological polar surface area (TPSA) is 137 Å². The van der Waals surface area contributed by atoms with Crippen molar-refractivity contribution in [2.45, 2.75) is 31.8 Å². The van der Waals surface area contributed by atoms with Crippen LogP contribution in [0.1, 0.15) is 37.4 Å². The third-order valence-electron chi connectivity index (χ3n) is 4.74. The Hall–Kier alpha value is -2.59. The number of nitrogens with two attached hydrogens (primary N) is 1. The molecule has 0 heterocycles. The molecule has 0 bridgehead atoms. The lowest BCUT2D eigenvalue weighted by Gasteiger charge is -2.14. The van der Waals surface area contributed by atoms with Gasteiger partial charge < -0.3 is 25.6 Å². The highest BCUT2D eigenvalue weighted by Crippen LogP contribution is 2.31. The molecule has 2 aromatic carbocycles. The number of aliphatic hydroxyl groups is 1. The van der Waals surface area contributed by atoms with Gasteiger partial charge in [0.05, 0.1) is 33.4 Å². The Morgan fingerprint density at radius 3 is 2.39 bits per heavy atom. The maximum atomic E-state index is 11.7. The molecule has 0 aliphatic carbocycles. The van der Waals surface area contributed by atoms with Crippen LogP contribution >= 0.6 is 23.2 Å². The summed E-state index contributed by atoms with van der Waals surface area (Å²) < 4.78 is 10.4. The zero-order valence-electron chi connectivity index (χ0n) is 18.0. The summed E-state index contributed by atoms with van der Waals surface area (Å²) in [6.45, 7) is 1.14. The summed E-state index contributed by atoms with van der Waals surface area (Å²) in [4.78, 5) is 21.8. The molecule has 1 unspecified atom stereocenters. The molecule has 0 aromatic heterocycles. The smallest absolute Gasteiger partial charge is 0.344 e. The number of ether oxygens (including phenoxy) is 2. The number of nitrogens with one attached hydrogen (secondary N) is 1. The minimum Gasteiger partial charge on any atom is -0.482 e. The fourth-order valence-electron chi connectivity index (χ4n) is 2.89. The number of nitro groups is 1. The van der Waals surface area contributed by atoms with E-state index >= 15 is 0 Å². The van der Waals surface area contributed by atoms with Crippen molar-refractivity contribution in [2.75, 3.05) is 32.0 Å². The van der Waals surface area contributed by atoms with Crippen molar-refractivity contribution in [3.8, 4) is 5.75 Å². The summed E-state index contributed by atoms with van der Waals surface area (Å²) >= 11 is 12.0. The summed E-state index contributed by atoms with van der Waals surface area (Å²) in [6, 6.07) is 8.68. The second kappa shape index (κ2) is 13.8. The minimum absolute atomic E-state index is 0.0482. The van der Waals surface area contributed by atoms with Gasteiger partial charge in [0.15, 0.2) is 6.61 Å². The summed E-state index contributed by atoms with van der Waals surface area (Å²) in [5.41, 5.74) is 6.55. The number of benzene rings is 2. The molecule has 0 aliphatic heterocycles. The second-order valence-electron chi connectivity index (χ2n) is 7.29.